The van der Waals surface area contributed by atoms with E-state index in [2.05, 4.69) is 0 Å². The fraction of sp³-hybridized carbons (Fsp3) is 0.450. The third-order valence-corrected chi connectivity index (χ3v) is 4.60. The van der Waals surface area contributed by atoms with Crippen molar-refractivity contribution in [3.8, 4) is 5.75 Å². The molecule has 0 radical (unpaired) electrons. The smallest absolute Gasteiger partial charge is 0.257 e. The molecule has 0 unspecified atom stereocenters. The van der Waals surface area contributed by atoms with Gasteiger partial charge in [-0.2, -0.15) is 0 Å². The summed E-state index contributed by atoms with van der Waals surface area (Å²) in [4.78, 5) is 16.5. The van der Waals surface area contributed by atoms with E-state index in [0.717, 1.165) is 11.3 Å². The number of aliphatic hydroxyl groups is 1. The average Bonchev–Trinajstić information content (AvgIpc) is 3.20. The van der Waals surface area contributed by atoms with Crippen LogP contribution in [0.25, 0.3) is 0 Å². The molecule has 1 saturated heterocycles. The predicted octanol–water partition coefficient (Wildman–Crippen LogP) is 2.31. The molecule has 1 fully saturated rings. The largest absolute Gasteiger partial charge is 0.486 e. The molecule has 1 amide bonds. The highest BCUT2D eigenvalue weighted by Gasteiger charge is 2.39. The third-order valence-electron chi connectivity index (χ3n) is 4.60. The molecule has 0 aliphatic carbocycles. The van der Waals surface area contributed by atoms with Crippen LogP contribution in [0.4, 0.5) is 0 Å². The molecule has 26 heavy (non-hydrogen) atoms. The van der Waals surface area contributed by atoms with Crippen LogP contribution < -0.4 is 4.74 Å². The van der Waals surface area contributed by atoms with Crippen LogP contribution in [0.15, 0.2) is 41.0 Å². The summed E-state index contributed by atoms with van der Waals surface area (Å²) in [6, 6.07) is 9.39. The first-order chi connectivity index (χ1) is 12.4. The standard InChI is InChI=1S/C20H26N2O4/c1-15-4-6-16(7-5-15)26-12-18-17(8-11-25-18)19(23)22-10-9-20(24,14-22)13-21(2)3/h4-8,11,24H,9-10,12-14H2,1-3H3/t20-/m0/s1. The number of β-amino-alcohol motifs (C(OH)–C–C–N with tert-alkyl or cyclic N) is 1. The van der Waals surface area contributed by atoms with Crippen molar-refractivity contribution < 1.29 is 19.1 Å². The van der Waals surface area contributed by atoms with Crippen LogP contribution >= 0.6 is 0 Å². The first kappa shape index (κ1) is 18.5. The minimum atomic E-state index is -0.860. The summed E-state index contributed by atoms with van der Waals surface area (Å²) in [7, 11) is 3.83. The summed E-state index contributed by atoms with van der Waals surface area (Å²) in [5.74, 6) is 1.10. The molecule has 0 bridgehead atoms. The van der Waals surface area contributed by atoms with Gasteiger partial charge in [0, 0.05) is 13.1 Å². The quantitative estimate of drug-likeness (QED) is 0.858. The van der Waals surface area contributed by atoms with Gasteiger partial charge in [-0.05, 0) is 45.6 Å². The maximum Gasteiger partial charge on any atom is 0.257 e. The van der Waals surface area contributed by atoms with Crippen molar-refractivity contribution in [3.05, 3.63) is 53.5 Å². The van der Waals surface area contributed by atoms with Gasteiger partial charge in [0.2, 0.25) is 0 Å². The lowest BCUT2D eigenvalue weighted by Gasteiger charge is -2.26. The van der Waals surface area contributed by atoms with E-state index < -0.39 is 5.60 Å². The highest BCUT2D eigenvalue weighted by Crippen LogP contribution is 2.25. The number of amides is 1. The first-order valence-corrected chi connectivity index (χ1v) is 8.78. The lowest BCUT2D eigenvalue weighted by Crippen LogP contribution is -2.43. The summed E-state index contributed by atoms with van der Waals surface area (Å²) < 4.78 is 11.2. The second kappa shape index (κ2) is 7.51. The van der Waals surface area contributed by atoms with E-state index in [0.29, 0.717) is 37.4 Å². The second-order valence-corrected chi connectivity index (χ2v) is 7.30. The van der Waals surface area contributed by atoms with Crippen molar-refractivity contribution in [2.45, 2.75) is 25.6 Å². The summed E-state index contributed by atoms with van der Waals surface area (Å²) in [5.41, 5.74) is 0.790. The zero-order valence-electron chi connectivity index (χ0n) is 15.6. The number of likely N-dealkylation sites (N-methyl/N-ethyl adjacent to an activating group) is 1. The second-order valence-electron chi connectivity index (χ2n) is 7.30. The number of hydrogen-bond donors (Lipinski definition) is 1. The summed E-state index contributed by atoms with van der Waals surface area (Å²) in [5, 5.41) is 10.6. The Bertz CT molecular complexity index is 753. The zero-order valence-corrected chi connectivity index (χ0v) is 15.6. The molecule has 140 valence electrons. The summed E-state index contributed by atoms with van der Waals surface area (Å²) >= 11 is 0. The first-order valence-electron chi connectivity index (χ1n) is 8.78. The van der Waals surface area contributed by atoms with Crippen LogP contribution in [0, 0.1) is 6.92 Å². The fourth-order valence-electron chi connectivity index (χ4n) is 3.34. The number of carbonyl (C=O) groups excluding carboxylic acids is 1. The fourth-order valence-corrected chi connectivity index (χ4v) is 3.34. The summed E-state index contributed by atoms with van der Waals surface area (Å²) in [6.45, 7) is 3.60. The van der Waals surface area contributed by atoms with Crippen molar-refractivity contribution in [1.82, 2.24) is 9.80 Å². The number of likely N-dealkylation sites (tertiary alicyclic amines) is 1. The number of rotatable bonds is 6. The normalized spacial score (nSPS) is 20.0. The van der Waals surface area contributed by atoms with E-state index in [-0.39, 0.29) is 12.5 Å². The van der Waals surface area contributed by atoms with E-state index in [4.69, 9.17) is 9.15 Å². The molecule has 1 aliphatic rings. The van der Waals surface area contributed by atoms with Gasteiger partial charge in [0.05, 0.1) is 24.0 Å². The minimum Gasteiger partial charge on any atom is -0.486 e. The zero-order chi connectivity index (χ0) is 18.7. The van der Waals surface area contributed by atoms with E-state index in [1.165, 1.54) is 6.26 Å². The monoisotopic (exact) mass is 358 g/mol. The highest BCUT2D eigenvalue weighted by molar-refractivity contribution is 5.95. The van der Waals surface area contributed by atoms with Gasteiger partial charge in [-0.15, -0.1) is 0 Å². The molecule has 0 spiro atoms. The van der Waals surface area contributed by atoms with Gasteiger partial charge in [0.25, 0.3) is 5.91 Å². The predicted molar refractivity (Wildman–Crippen MR) is 98.2 cm³/mol. The van der Waals surface area contributed by atoms with Crippen LogP contribution in [-0.4, -0.2) is 60.1 Å². The van der Waals surface area contributed by atoms with Crippen LogP contribution in [-0.2, 0) is 6.61 Å². The Labute approximate surface area is 154 Å². The van der Waals surface area contributed by atoms with Gasteiger partial charge >= 0.3 is 0 Å². The van der Waals surface area contributed by atoms with E-state index >= 15 is 0 Å². The van der Waals surface area contributed by atoms with Crippen LogP contribution in [0.5, 0.6) is 5.75 Å². The molecule has 6 nitrogen and oxygen atoms in total. The number of furan rings is 1. The molecule has 0 saturated carbocycles. The van der Waals surface area contributed by atoms with Gasteiger partial charge < -0.3 is 24.1 Å². The van der Waals surface area contributed by atoms with Crippen molar-refractivity contribution in [2.24, 2.45) is 0 Å². The minimum absolute atomic E-state index is 0.129. The van der Waals surface area contributed by atoms with Gasteiger partial charge in [-0.25, -0.2) is 0 Å². The average molecular weight is 358 g/mol. The van der Waals surface area contributed by atoms with Crippen LogP contribution in [0.2, 0.25) is 0 Å². The molecule has 6 heteroatoms. The van der Waals surface area contributed by atoms with Crippen molar-refractivity contribution in [2.75, 3.05) is 33.7 Å². The Balaban J connectivity index is 1.64. The van der Waals surface area contributed by atoms with E-state index in [1.807, 2.05) is 50.2 Å². The van der Waals surface area contributed by atoms with Gasteiger partial charge in [0.15, 0.2) is 5.76 Å². The molecule has 1 aromatic carbocycles. The Morgan fingerprint density at radius 1 is 1.31 bits per heavy atom. The van der Waals surface area contributed by atoms with E-state index in [1.54, 1.807) is 11.0 Å². The van der Waals surface area contributed by atoms with Crippen molar-refractivity contribution in [3.63, 3.8) is 0 Å². The summed E-state index contributed by atoms with van der Waals surface area (Å²) in [6.07, 6.45) is 2.08. The SMILES string of the molecule is Cc1ccc(OCc2occc2C(=O)N2CC[C@](O)(CN(C)C)C2)cc1. The molecule has 3 rings (SSSR count). The number of nitrogens with zero attached hydrogens (tertiary/aromatic N) is 2. The number of carbonyl (C=O) groups is 1. The lowest BCUT2D eigenvalue weighted by molar-refractivity contribution is 0.0235. The number of benzene rings is 1. The lowest BCUT2D eigenvalue weighted by atomic mass is 10.0. The molecule has 2 aromatic rings. The van der Waals surface area contributed by atoms with Crippen LogP contribution in [0.1, 0.15) is 28.1 Å². The Morgan fingerprint density at radius 3 is 2.73 bits per heavy atom. The maximum atomic E-state index is 12.8. The Kier molecular flexibility index (Phi) is 5.34. The van der Waals surface area contributed by atoms with Crippen LogP contribution in [0.3, 0.4) is 0 Å². The highest BCUT2D eigenvalue weighted by atomic mass is 16.5. The topological polar surface area (TPSA) is 66.1 Å². The molecular weight excluding hydrogens is 332 g/mol. The maximum absolute atomic E-state index is 12.8. The number of ether oxygens (including phenoxy) is 1. The Morgan fingerprint density at radius 2 is 2.04 bits per heavy atom. The van der Waals surface area contributed by atoms with Gasteiger partial charge in [-0.1, -0.05) is 17.7 Å². The van der Waals surface area contributed by atoms with Crippen molar-refractivity contribution >= 4 is 5.91 Å². The third kappa shape index (κ3) is 4.26. The van der Waals surface area contributed by atoms with E-state index in [9.17, 15) is 9.90 Å². The van der Waals surface area contributed by atoms with Crippen molar-refractivity contribution in [1.29, 1.82) is 0 Å². The molecular formula is C20H26N2O4. The molecule has 1 aliphatic heterocycles. The van der Waals surface area contributed by atoms with Gasteiger partial charge in [-0.3, -0.25) is 4.79 Å². The molecule has 1 atom stereocenters. The number of aryl methyl sites for hydroxylation is 1. The molecule has 1 N–H and O–H groups in total. The Hall–Kier alpha value is -2.31. The van der Waals surface area contributed by atoms with Gasteiger partial charge in [0.1, 0.15) is 12.4 Å². The molecule has 2 heterocycles. The molecule has 1 aromatic heterocycles. The number of hydrogen-bond acceptors (Lipinski definition) is 5.